The molecular weight excluding hydrogens is 288 g/mol. The van der Waals surface area contributed by atoms with E-state index in [0.29, 0.717) is 18.7 Å². The highest BCUT2D eigenvalue weighted by Gasteiger charge is 2.26. The zero-order valence-corrected chi connectivity index (χ0v) is 14.5. The lowest BCUT2D eigenvalue weighted by Crippen LogP contribution is -2.36. The van der Waals surface area contributed by atoms with Gasteiger partial charge in [-0.2, -0.15) is 0 Å². The molecule has 1 rings (SSSR count). The number of halogens is 1. The molecule has 118 valence electrons. The summed E-state index contributed by atoms with van der Waals surface area (Å²) in [6, 6.07) is 1.50. The first kappa shape index (κ1) is 17.8. The van der Waals surface area contributed by atoms with Crippen molar-refractivity contribution in [2.75, 3.05) is 13.1 Å². The molecule has 0 N–H and O–H groups in total. The van der Waals surface area contributed by atoms with Crippen molar-refractivity contribution in [2.45, 2.75) is 53.0 Å². The van der Waals surface area contributed by atoms with Crippen LogP contribution >= 0.6 is 11.6 Å². The smallest absolute Gasteiger partial charge is 0.245 e. The second-order valence-electron chi connectivity index (χ2n) is 5.32. The number of ketones is 1. The van der Waals surface area contributed by atoms with Crippen molar-refractivity contribution in [1.82, 2.24) is 9.47 Å². The summed E-state index contributed by atoms with van der Waals surface area (Å²) in [6.07, 6.45) is 0. The standard InChI is InChI=1S/C16H25ClN2O2/c1-7-18(8-2)16(21)13(6)19-10(3)9-14(12(19)5)15(20)11(4)17/h9,11,13H,7-8H2,1-6H3. The Morgan fingerprint density at radius 1 is 1.24 bits per heavy atom. The van der Waals surface area contributed by atoms with Gasteiger partial charge in [0.15, 0.2) is 5.78 Å². The molecule has 0 aliphatic carbocycles. The summed E-state index contributed by atoms with van der Waals surface area (Å²) in [6.45, 7) is 12.6. The van der Waals surface area contributed by atoms with Crippen molar-refractivity contribution in [2.24, 2.45) is 0 Å². The minimum absolute atomic E-state index is 0.0692. The summed E-state index contributed by atoms with van der Waals surface area (Å²) in [4.78, 5) is 26.4. The first-order chi connectivity index (χ1) is 9.76. The van der Waals surface area contributed by atoms with Crippen LogP contribution in [-0.2, 0) is 4.79 Å². The van der Waals surface area contributed by atoms with Gasteiger partial charge in [0.2, 0.25) is 5.91 Å². The van der Waals surface area contributed by atoms with Gasteiger partial charge in [0.05, 0.1) is 5.38 Å². The van der Waals surface area contributed by atoms with Crippen molar-refractivity contribution in [3.05, 3.63) is 23.0 Å². The molecule has 5 heteroatoms. The second-order valence-corrected chi connectivity index (χ2v) is 5.98. The topological polar surface area (TPSA) is 42.3 Å². The predicted octanol–water partition coefficient (Wildman–Crippen LogP) is 3.34. The number of amides is 1. The van der Waals surface area contributed by atoms with E-state index in [9.17, 15) is 9.59 Å². The maximum Gasteiger partial charge on any atom is 0.245 e. The molecule has 0 saturated carbocycles. The Bertz CT molecular complexity index is 531. The van der Waals surface area contributed by atoms with Crippen LogP contribution in [0.15, 0.2) is 6.07 Å². The van der Waals surface area contributed by atoms with Gasteiger partial charge in [-0.3, -0.25) is 9.59 Å². The fourth-order valence-electron chi connectivity index (χ4n) is 2.75. The molecule has 1 heterocycles. The molecule has 0 bridgehead atoms. The van der Waals surface area contributed by atoms with Crippen molar-refractivity contribution < 1.29 is 9.59 Å². The Balaban J connectivity index is 3.20. The maximum atomic E-state index is 12.5. The monoisotopic (exact) mass is 312 g/mol. The molecule has 0 aliphatic rings. The van der Waals surface area contributed by atoms with Crippen LogP contribution in [0.5, 0.6) is 0 Å². The van der Waals surface area contributed by atoms with Crippen molar-refractivity contribution >= 4 is 23.3 Å². The molecule has 0 aromatic carbocycles. The first-order valence-electron chi connectivity index (χ1n) is 7.41. The average Bonchev–Trinajstić information content (AvgIpc) is 2.73. The normalized spacial score (nSPS) is 13.9. The number of aryl methyl sites for hydroxylation is 1. The Labute approximate surface area is 132 Å². The molecule has 0 aliphatic heterocycles. The number of nitrogens with zero attached hydrogens (tertiary/aromatic N) is 2. The van der Waals surface area contributed by atoms with Gasteiger partial charge in [-0.15, -0.1) is 11.6 Å². The number of alkyl halides is 1. The molecule has 2 atom stereocenters. The lowest BCUT2D eigenvalue weighted by atomic mass is 10.1. The summed E-state index contributed by atoms with van der Waals surface area (Å²) >= 11 is 5.90. The fraction of sp³-hybridized carbons (Fsp3) is 0.625. The van der Waals surface area contributed by atoms with Crippen LogP contribution in [0.2, 0.25) is 0 Å². The average molecular weight is 313 g/mol. The highest BCUT2D eigenvalue weighted by atomic mass is 35.5. The minimum atomic E-state index is -0.562. The summed E-state index contributed by atoms with van der Waals surface area (Å²) < 4.78 is 1.92. The minimum Gasteiger partial charge on any atom is -0.341 e. The number of Topliss-reactive ketones (excluding diaryl/α,β-unsaturated/α-hetero) is 1. The first-order valence-corrected chi connectivity index (χ1v) is 7.85. The van der Waals surface area contributed by atoms with E-state index >= 15 is 0 Å². The molecule has 1 amide bonds. The highest BCUT2D eigenvalue weighted by molar-refractivity contribution is 6.33. The van der Waals surface area contributed by atoms with E-state index in [1.807, 2.05) is 45.3 Å². The Kier molecular flexibility index (Phi) is 6.02. The molecule has 21 heavy (non-hydrogen) atoms. The van der Waals surface area contributed by atoms with Crippen LogP contribution in [0.25, 0.3) is 0 Å². The zero-order valence-electron chi connectivity index (χ0n) is 13.7. The van der Waals surface area contributed by atoms with E-state index in [-0.39, 0.29) is 17.7 Å². The van der Waals surface area contributed by atoms with E-state index < -0.39 is 5.38 Å². The Hall–Kier alpha value is -1.29. The van der Waals surface area contributed by atoms with E-state index in [1.165, 1.54) is 0 Å². The van der Waals surface area contributed by atoms with Gasteiger partial charge in [0, 0.05) is 30.0 Å². The molecule has 1 aromatic heterocycles. The van der Waals surface area contributed by atoms with Crippen LogP contribution in [0.4, 0.5) is 0 Å². The molecular formula is C16H25ClN2O2. The van der Waals surface area contributed by atoms with E-state index in [4.69, 9.17) is 11.6 Å². The number of aromatic nitrogens is 1. The quantitative estimate of drug-likeness (QED) is 0.597. The van der Waals surface area contributed by atoms with Crippen molar-refractivity contribution in [3.8, 4) is 0 Å². The van der Waals surface area contributed by atoms with Crippen LogP contribution in [0.3, 0.4) is 0 Å². The summed E-state index contributed by atoms with van der Waals surface area (Å²) in [5.41, 5.74) is 2.31. The second kappa shape index (κ2) is 7.12. The molecule has 4 nitrogen and oxygen atoms in total. The maximum absolute atomic E-state index is 12.5. The summed E-state index contributed by atoms with van der Waals surface area (Å²) in [5.74, 6) is -0.0294. The highest BCUT2D eigenvalue weighted by Crippen LogP contribution is 2.23. The van der Waals surface area contributed by atoms with E-state index in [2.05, 4.69) is 0 Å². The number of hydrogen-bond donors (Lipinski definition) is 0. The molecule has 0 saturated heterocycles. The largest absolute Gasteiger partial charge is 0.341 e. The number of rotatable bonds is 6. The van der Waals surface area contributed by atoms with Gasteiger partial charge in [-0.05, 0) is 47.6 Å². The van der Waals surface area contributed by atoms with Gasteiger partial charge >= 0.3 is 0 Å². The number of carbonyl (C=O) groups excluding carboxylic acids is 2. The SMILES string of the molecule is CCN(CC)C(=O)C(C)n1c(C)cc(C(=O)C(C)Cl)c1C. The van der Waals surface area contributed by atoms with Gasteiger partial charge in [-0.1, -0.05) is 0 Å². The number of hydrogen-bond acceptors (Lipinski definition) is 2. The van der Waals surface area contributed by atoms with Crippen LogP contribution < -0.4 is 0 Å². The van der Waals surface area contributed by atoms with E-state index in [0.717, 1.165) is 11.4 Å². The van der Waals surface area contributed by atoms with Crippen LogP contribution in [0.1, 0.15) is 55.5 Å². The lowest BCUT2D eigenvalue weighted by Gasteiger charge is -2.25. The Morgan fingerprint density at radius 3 is 2.19 bits per heavy atom. The molecule has 0 spiro atoms. The third kappa shape index (κ3) is 3.49. The van der Waals surface area contributed by atoms with Crippen molar-refractivity contribution in [3.63, 3.8) is 0 Å². The molecule has 2 unspecified atom stereocenters. The summed E-state index contributed by atoms with van der Waals surface area (Å²) in [7, 11) is 0. The number of likely N-dealkylation sites (N-methyl/N-ethyl adjacent to an activating group) is 1. The zero-order chi connectivity index (χ0) is 16.3. The van der Waals surface area contributed by atoms with Crippen LogP contribution in [-0.4, -0.2) is 39.6 Å². The third-order valence-corrected chi connectivity index (χ3v) is 4.13. The molecule has 0 radical (unpaired) electrons. The fourth-order valence-corrected chi connectivity index (χ4v) is 2.86. The van der Waals surface area contributed by atoms with Crippen LogP contribution in [0, 0.1) is 13.8 Å². The number of carbonyl (C=O) groups is 2. The molecule has 1 aromatic rings. The van der Waals surface area contributed by atoms with Gasteiger partial charge in [0.1, 0.15) is 6.04 Å². The lowest BCUT2D eigenvalue weighted by molar-refractivity contribution is -0.133. The summed E-state index contributed by atoms with van der Waals surface area (Å²) in [5, 5.41) is -0.562. The van der Waals surface area contributed by atoms with E-state index in [1.54, 1.807) is 11.8 Å². The van der Waals surface area contributed by atoms with Crippen molar-refractivity contribution in [1.29, 1.82) is 0 Å². The third-order valence-electron chi connectivity index (χ3n) is 3.93. The predicted molar refractivity (Wildman–Crippen MR) is 86.2 cm³/mol. The molecule has 0 fully saturated rings. The van der Waals surface area contributed by atoms with Gasteiger partial charge in [-0.25, -0.2) is 0 Å². The van der Waals surface area contributed by atoms with Gasteiger partial charge in [0.25, 0.3) is 0 Å². The van der Waals surface area contributed by atoms with Gasteiger partial charge < -0.3 is 9.47 Å². The Morgan fingerprint density at radius 2 is 1.76 bits per heavy atom.